The van der Waals surface area contributed by atoms with Crippen LogP contribution in [-0.2, 0) is 4.79 Å². The number of aromatic nitrogens is 1. The number of para-hydroxylation sites is 1. The number of hydrogen-bond acceptors (Lipinski definition) is 7. The molecule has 7 nitrogen and oxygen atoms in total. The SMILES string of the molecule is Cc1ccc2nc(N3C(=O)C(O)=C(C(=O)c4ccc(C)o4)C3c3cccc(Oc4ccccc4)c3)sc2c1. The third-order valence-electron chi connectivity index (χ3n) is 6.31. The summed E-state index contributed by atoms with van der Waals surface area (Å²) in [6.45, 7) is 3.71. The molecule has 0 saturated carbocycles. The molecular formula is C30H22N2O5S. The number of aliphatic hydroxyl groups is 1. The first kappa shape index (κ1) is 23.7. The van der Waals surface area contributed by atoms with Gasteiger partial charge in [0, 0.05) is 0 Å². The molecule has 1 aliphatic heterocycles. The number of carbonyl (C=O) groups excluding carboxylic acids is 2. The van der Waals surface area contributed by atoms with E-state index in [-0.39, 0.29) is 11.3 Å². The molecule has 0 radical (unpaired) electrons. The van der Waals surface area contributed by atoms with Crippen molar-refractivity contribution in [1.82, 2.24) is 4.98 Å². The molecule has 188 valence electrons. The summed E-state index contributed by atoms with van der Waals surface area (Å²) in [6.07, 6.45) is 0. The molecule has 1 atom stereocenters. The lowest BCUT2D eigenvalue weighted by Gasteiger charge is -2.24. The lowest BCUT2D eigenvalue weighted by atomic mass is 9.95. The number of ketones is 1. The molecule has 0 fully saturated rings. The zero-order chi connectivity index (χ0) is 26.4. The largest absolute Gasteiger partial charge is 0.503 e. The van der Waals surface area contributed by atoms with Crippen LogP contribution in [0.15, 0.2) is 101 Å². The predicted molar refractivity (Wildman–Crippen MR) is 145 cm³/mol. The minimum Gasteiger partial charge on any atom is -0.503 e. The zero-order valence-electron chi connectivity index (χ0n) is 20.5. The summed E-state index contributed by atoms with van der Waals surface area (Å²) in [5.74, 6) is -0.140. The molecule has 3 heterocycles. The van der Waals surface area contributed by atoms with Gasteiger partial charge in [0.05, 0.1) is 21.8 Å². The van der Waals surface area contributed by atoms with Crippen molar-refractivity contribution < 1.29 is 23.8 Å². The summed E-state index contributed by atoms with van der Waals surface area (Å²) in [7, 11) is 0. The van der Waals surface area contributed by atoms with Crippen LogP contribution in [0.2, 0.25) is 0 Å². The highest BCUT2D eigenvalue weighted by molar-refractivity contribution is 7.22. The van der Waals surface area contributed by atoms with Gasteiger partial charge in [0.1, 0.15) is 17.3 Å². The van der Waals surface area contributed by atoms with Crippen molar-refractivity contribution in [3.8, 4) is 11.5 Å². The molecule has 0 spiro atoms. The van der Waals surface area contributed by atoms with Gasteiger partial charge in [-0.05, 0) is 73.5 Å². The molecule has 38 heavy (non-hydrogen) atoms. The van der Waals surface area contributed by atoms with Crippen LogP contribution in [0.3, 0.4) is 0 Å². The number of aliphatic hydroxyl groups excluding tert-OH is 1. The van der Waals surface area contributed by atoms with Crippen LogP contribution < -0.4 is 9.64 Å². The highest BCUT2D eigenvalue weighted by atomic mass is 32.1. The van der Waals surface area contributed by atoms with E-state index in [9.17, 15) is 14.7 Å². The minimum atomic E-state index is -0.943. The van der Waals surface area contributed by atoms with E-state index >= 15 is 0 Å². The standard InChI is InChI=1S/C30H22N2O5S/c1-17-11-13-22-24(15-17)38-30(31-22)32-26(19-7-6-10-21(16-19)37-20-8-4-3-5-9-20)25(28(34)29(32)35)27(33)23-14-12-18(2)36-23/h3-16,26,34H,1-2H3. The number of thiazole rings is 1. The van der Waals surface area contributed by atoms with E-state index in [2.05, 4.69) is 4.98 Å². The number of carbonyl (C=O) groups is 2. The molecular weight excluding hydrogens is 500 g/mol. The van der Waals surface area contributed by atoms with Crippen LogP contribution in [0, 0.1) is 13.8 Å². The van der Waals surface area contributed by atoms with E-state index < -0.39 is 23.5 Å². The van der Waals surface area contributed by atoms with Crippen LogP contribution >= 0.6 is 11.3 Å². The van der Waals surface area contributed by atoms with Crippen molar-refractivity contribution in [2.45, 2.75) is 19.9 Å². The second-order valence-corrected chi connectivity index (χ2v) is 10.0. The second kappa shape index (κ2) is 9.32. The Morgan fingerprint density at radius 2 is 1.76 bits per heavy atom. The van der Waals surface area contributed by atoms with E-state index in [1.165, 1.54) is 22.3 Å². The molecule has 0 saturated heterocycles. The minimum absolute atomic E-state index is 0.0420. The molecule has 1 amide bonds. The number of ether oxygens (including phenoxy) is 1. The Morgan fingerprint density at radius 3 is 2.53 bits per heavy atom. The molecule has 2 aromatic heterocycles. The number of benzene rings is 3. The number of furan rings is 1. The first-order valence-corrected chi connectivity index (χ1v) is 12.8. The maximum atomic E-state index is 13.6. The lowest BCUT2D eigenvalue weighted by molar-refractivity contribution is -0.117. The normalized spacial score (nSPS) is 15.5. The molecule has 1 N–H and O–H groups in total. The first-order valence-electron chi connectivity index (χ1n) is 12.0. The number of rotatable bonds is 6. The van der Waals surface area contributed by atoms with Gasteiger partial charge in [-0.2, -0.15) is 0 Å². The Kier molecular flexibility index (Phi) is 5.81. The number of aryl methyl sites for hydroxylation is 2. The van der Waals surface area contributed by atoms with E-state index in [1.54, 1.807) is 37.3 Å². The van der Waals surface area contributed by atoms with Crippen LogP contribution in [0.4, 0.5) is 5.13 Å². The quantitative estimate of drug-likeness (QED) is 0.240. The maximum absolute atomic E-state index is 13.6. The third-order valence-corrected chi connectivity index (χ3v) is 7.33. The van der Waals surface area contributed by atoms with E-state index in [1.807, 2.05) is 55.5 Å². The first-order chi connectivity index (χ1) is 18.4. The lowest BCUT2D eigenvalue weighted by Crippen LogP contribution is -2.31. The van der Waals surface area contributed by atoms with Gasteiger partial charge in [-0.25, -0.2) is 4.98 Å². The summed E-state index contributed by atoms with van der Waals surface area (Å²) in [5, 5.41) is 11.4. The van der Waals surface area contributed by atoms with Crippen molar-refractivity contribution in [2.24, 2.45) is 0 Å². The van der Waals surface area contributed by atoms with Gasteiger partial charge < -0.3 is 14.3 Å². The van der Waals surface area contributed by atoms with Gasteiger partial charge in [-0.15, -0.1) is 0 Å². The van der Waals surface area contributed by atoms with Gasteiger partial charge in [0.25, 0.3) is 5.91 Å². The van der Waals surface area contributed by atoms with Crippen molar-refractivity contribution in [3.05, 3.63) is 119 Å². The van der Waals surface area contributed by atoms with Crippen LogP contribution in [0.1, 0.15) is 33.5 Å². The fraction of sp³-hybridized carbons (Fsp3) is 0.100. The van der Waals surface area contributed by atoms with E-state index in [0.717, 1.165) is 15.8 Å². The van der Waals surface area contributed by atoms with E-state index in [4.69, 9.17) is 9.15 Å². The summed E-state index contributed by atoms with van der Waals surface area (Å²) >= 11 is 1.32. The summed E-state index contributed by atoms with van der Waals surface area (Å²) in [4.78, 5) is 33.2. The van der Waals surface area contributed by atoms with Crippen LogP contribution in [-0.4, -0.2) is 21.8 Å². The average Bonchev–Trinajstić information content (AvgIpc) is 3.60. The summed E-state index contributed by atoms with van der Waals surface area (Å²) in [6, 6.07) is 24.5. The Hall–Kier alpha value is -4.69. The van der Waals surface area contributed by atoms with Crippen molar-refractivity contribution in [1.29, 1.82) is 0 Å². The van der Waals surface area contributed by atoms with Gasteiger partial charge in [0.2, 0.25) is 5.78 Å². The van der Waals surface area contributed by atoms with Gasteiger partial charge in [-0.3, -0.25) is 14.5 Å². The second-order valence-electron chi connectivity index (χ2n) is 9.03. The third kappa shape index (κ3) is 4.14. The molecule has 3 aromatic carbocycles. The van der Waals surface area contributed by atoms with Crippen molar-refractivity contribution >= 4 is 38.4 Å². The molecule has 1 unspecified atom stereocenters. The molecule has 8 heteroatoms. The molecule has 1 aliphatic rings. The fourth-order valence-corrected chi connectivity index (χ4v) is 5.63. The van der Waals surface area contributed by atoms with Gasteiger partial charge >= 0.3 is 0 Å². The van der Waals surface area contributed by atoms with Crippen LogP contribution in [0.5, 0.6) is 11.5 Å². The zero-order valence-corrected chi connectivity index (χ0v) is 21.4. The Bertz CT molecular complexity index is 1730. The molecule has 6 rings (SSSR count). The fourth-order valence-electron chi connectivity index (χ4n) is 4.53. The van der Waals surface area contributed by atoms with E-state index in [0.29, 0.717) is 28.0 Å². The number of Topliss-reactive ketones (excluding diaryl/α,β-unsaturated/α-hetero) is 1. The maximum Gasteiger partial charge on any atom is 0.296 e. The smallest absolute Gasteiger partial charge is 0.296 e. The molecule has 0 bridgehead atoms. The number of amides is 1. The molecule has 0 aliphatic carbocycles. The monoisotopic (exact) mass is 522 g/mol. The summed E-state index contributed by atoms with van der Waals surface area (Å²) in [5.41, 5.74) is 2.30. The number of nitrogens with zero attached hydrogens (tertiary/aromatic N) is 2. The number of fused-ring (bicyclic) bond motifs is 1. The predicted octanol–water partition coefficient (Wildman–Crippen LogP) is 7.08. The number of hydrogen-bond donors (Lipinski definition) is 1. The molecule has 5 aromatic rings. The average molecular weight is 523 g/mol. The van der Waals surface area contributed by atoms with Gasteiger partial charge in [-0.1, -0.05) is 47.7 Å². The topological polar surface area (TPSA) is 92.9 Å². The highest BCUT2D eigenvalue weighted by Gasteiger charge is 2.46. The van der Waals surface area contributed by atoms with Crippen molar-refractivity contribution in [2.75, 3.05) is 4.90 Å². The number of anilines is 1. The summed E-state index contributed by atoms with van der Waals surface area (Å²) < 4.78 is 12.5. The van der Waals surface area contributed by atoms with Gasteiger partial charge in [0.15, 0.2) is 16.7 Å². The van der Waals surface area contributed by atoms with Crippen LogP contribution in [0.25, 0.3) is 10.2 Å². The Balaban J connectivity index is 1.48. The van der Waals surface area contributed by atoms with Crippen molar-refractivity contribution in [3.63, 3.8) is 0 Å². The Labute approximate surface area is 222 Å². The highest BCUT2D eigenvalue weighted by Crippen LogP contribution is 2.45. The Morgan fingerprint density at radius 1 is 0.974 bits per heavy atom.